The first-order chi connectivity index (χ1) is 9.74. The predicted octanol–water partition coefficient (Wildman–Crippen LogP) is 2.88. The lowest BCUT2D eigenvalue weighted by Crippen LogP contribution is -2.29. The van der Waals surface area contributed by atoms with Crippen LogP contribution in [0.15, 0.2) is 30.3 Å². The quantitative estimate of drug-likeness (QED) is 0.635. The van der Waals surface area contributed by atoms with Crippen LogP contribution < -0.4 is 20.7 Å². The van der Waals surface area contributed by atoms with Crippen LogP contribution in [0.3, 0.4) is 0 Å². The number of nitrogens with two attached hydrogens (primary N) is 1. The fraction of sp³-hybridized carbons (Fsp3) is 0.333. The highest BCUT2D eigenvalue weighted by atomic mass is 32.1. The van der Waals surface area contributed by atoms with Gasteiger partial charge in [-0.1, -0.05) is 13.0 Å². The Kier molecular flexibility index (Phi) is 5.00. The molecule has 1 aromatic carbocycles. The van der Waals surface area contributed by atoms with Crippen molar-refractivity contribution in [2.45, 2.75) is 19.4 Å². The number of aryl methyl sites for hydroxylation is 1. The van der Waals surface area contributed by atoms with Crippen molar-refractivity contribution in [1.82, 2.24) is 5.43 Å². The van der Waals surface area contributed by atoms with Crippen LogP contribution in [-0.2, 0) is 6.42 Å². The zero-order chi connectivity index (χ0) is 14.5. The molecule has 0 spiro atoms. The van der Waals surface area contributed by atoms with E-state index in [1.54, 1.807) is 25.6 Å². The van der Waals surface area contributed by atoms with Gasteiger partial charge in [0, 0.05) is 9.75 Å². The Morgan fingerprint density at radius 3 is 2.25 bits per heavy atom. The number of hydrazine groups is 1. The van der Waals surface area contributed by atoms with E-state index in [2.05, 4.69) is 24.5 Å². The van der Waals surface area contributed by atoms with Crippen LogP contribution in [-0.4, -0.2) is 14.2 Å². The molecule has 5 heteroatoms. The van der Waals surface area contributed by atoms with E-state index >= 15 is 0 Å². The van der Waals surface area contributed by atoms with E-state index in [1.165, 1.54) is 4.88 Å². The monoisotopic (exact) mass is 292 g/mol. The molecule has 108 valence electrons. The van der Waals surface area contributed by atoms with Crippen LogP contribution in [0.4, 0.5) is 0 Å². The van der Waals surface area contributed by atoms with Crippen molar-refractivity contribution in [2.75, 3.05) is 14.2 Å². The van der Waals surface area contributed by atoms with E-state index in [0.717, 1.165) is 28.4 Å². The summed E-state index contributed by atoms with van der Waals surface area (Å²) in [4.78, 5) is 2.47. The Bertz CT molecular complexity index is 547. The van der Waals surface area contributed by atoms with Gasteiger partial charge in [0.2, 0.25) is 0 Å². The molecule has 0 aliphatic heterocycles. The fourth-order valence-electron chi connectivity index (χ4n) is 2.21. The highest BCUT2D eigenvalue weighted by Crippen LogP contribution is 2.39. The first-order valence-electron chi connectivity index (χ1n) is 6.50. The smallest absolute Gasteiger partial charge is 0.127 e. The third-order valence-corrected chi connectivity index (χ3v) is 4.53. The van der Waals surface area contributed by atoms with Gasteiger partial charge in [-0.3, -0.25) is 5.84 Å². The molecular formula is C15H20N2O2S. The van der Waals surface area contributed by atoms with Crippen LogP contribution >= 0.6 is 11.3 Å². The van der Waals surface area contributed by atoms with Gasteiger partial charge in [-0.2, -0.15) is 0 Å². The highest BCUT2D eigenvalue weighted by Gasteiger charge is 2.22. The summed E-state index contributed by atoms with van der Waals surface area (Å²) in [7, 11) is 3.30. The molecule has 20 heavy (non-hydrogen) atoms. The summed E-state index contributed by atoms with van der Waals surface area (Å²) < 4.78 is 10.9. The average molecular weight is 292 g/mol. The Labute approximate surface area is 123 Å². The predicted molar refractivity (Wildman–Crippen MR) is 82.4 cm³/mol. The number of rotatable bonds is 6. The van der Waals surface area contributed by atoms with Gasteiger partial charge in [-0.05, 0) is 30.7 Å². The lowest BCUT2D eigenvalue weighted by atomic mass is 10.0. The molecule has 0 fully saturated rings. The number of ether oxygens (including phenoxy) is 2. The summed E-state index contributed by atoms with van der Waals surface area (Å²) in [6.07, 6.45) is 1.02. The van der Waals surface area contributed by atoms with Gasteiger partial charge >= 0.3 is 0 Å². The van der Waals surface area contributed by atoms with Gasteiger partial charge < -0.3 is 9.47 Å². The summed E-state index contributed by atoms with van der Waals surface area (Å²) in [5.74, 6) is 7.31. The Morgan fingerprint density at radius 2 is 1.80 bits per heavy atom. The fourth-order valence-corrected chi connectivity index (χ4v) is 3.23. The molecular weight excluding hydrogens is 272 g/mol. The van der Waals surface area contributed by atoms with Crippen LogP contribution in [0.5, 0.6) is 11.5 Å². The van der Waals surface area contributed by atoms with Crippen molar-refractivity contribution in [3.63, 3.8) is 0 Å². The van der Waals surface area contributed by atoms with E-state index in [0.29, 0.717) is 0 Å². The van der Waals surface area contributed by atoms with Gasteiger partial charge in [0.15, 0.2) is 0 Å². The largest absolute Gasteiger partial charge is 0.496 e. The van der Waals surface area contributed by atoms with Gasteiger partial charge in [0.25, 0.3) is 0 Å². The van der Waals surface area contributed by atoms with Crippen molar-refractivity contribution in [3.05, 3.63) is 45.6 Å². The Hall–Kier alpha value is -1.56. The molecule has 0 saturated carbocycles. The Balaban J connectivity index is 2.50. The van der Waals surface area contributed by atoms with Crippen molar-refractivity contribution in [1.29, 1.82) is 0 Å². The molecule has 0 bridgehead atoms. The first kappa shape index (κ1) is 14.8. The van der Waals surface area contributed by atoms with Gasteiger partial charge in [-0.25, -0.2) is 5.43 Å². The van der Waals surface area contributed by atoms with Crippen LogP contribution in [0, 0.1) is 0 Å². The number of hydrogen-bond acceptors (Lipinski definition) is 5. The number of nitrogens with one attached hydrogen (secondary N) is 1. The number of hydrogen-bond donors (Lipinski definition) is 2. The normalized spacial score (nSPS) is 12.2. The maximum Gasteiger partial charge on any atom is 0.127 e. The minimum absolute atomic E-state index is 0.147. The Morgan fingerprint density at radius 1 is 1.15 bits per heavy atom. The van der Waals surface area contributed by atoms with Gasteiger partial charge in [0.1, 0.15) is 11.5 Å². The minimum Gasteiger partial charge on any atom is -0.496 e. The van der Waals surface area contributed by atoms with Crippen LogP contribution in [0.1, 0.15) is 28.3 Å². The maximum absolute atomic E-state index is 5.78. The number of benzene rings is 1. The van der Waals surface area contributed by atoms with Crippen LogP contribution in [0.2, 0.25) is 0 Å². The van der Waals surface area contributed by atoms with Gasteiger partial charge in [0.05, 0.1) is 25.8 Å². The van der Waals surface area contributed by atoms with Crippen molar-refractivity contribution in [3.8, 4) is 11.5 Å². The summed E-state index contributed by atoms with van der Waals surface area (Å²) >= 11 is 1.75. The third-order valence-electron chi connectivity index (χ3n) is 3.24. The molecule has 1 aromatic heterocycles. The summed E-state index contributed by atoms with van der Waals surface area (Å²) in [6.45, 7) is 2.14. The molecule has 0 aliphatic carbocycles. The molecule has 2 rings (SSSR count). The first-order valence-corrected chi connectivity index (χ1v) is 7.32. The lowest BCUT2D eigenvalue weighted by Gasteiger charge is -2.20. The molecule has 0 saturated heterocycles. The van der Waals surface area contributed by atoms with Crippen molar-refractivity contribution >= 4 is 11.3 Å². The van der Waals surface area contributed by atoms with E-state index in [9.17, 15) is 0 Å². The molecule has 1 heterocycles. The molecule has 0 amide bonds. The molecule has 1 unspecified atom stereocenters. The van der Waals surface area contributed by atoms with E-state index in [1.807, 2.05) is 18.2 Å². The van der Waals surface area contributed by atoms with E-state index < -0.39 is 0 Å². The second-order valence-corrected chi connectivity index (χ2v) is 5.53. The molecule has 3 N–H and O–H groups in total. The average Bonchev–Trinajstić information content (AvgIpc) is 2.97. The third kappa shape index (κ3) is 2.80. The summed E-state index contributed by atoms with van der Waals surface area (Å²) in [5, 5.41) is 0. The second kappa shape index (κ2) is 6.74. The van der Waals surface area contributed by atoms with E-state index in [-0.39, 0.29) is 6.04 Å². The summed E-state index contributed by atoms with van der Waals surface area (Å²) in [5.41, 5.74) is 3.79. The number of methoxy groups -OCH3 is 2. The highest BCUT2D eigenvalue weighted by molar-refractivity contribution is 7.12. The van der Waals surface area contributed by atoms with Crippen molar-refractivity contribution in [2.24, 2.45) is 5.84 Å². The molecule has 0 radical (unpaired) electrons. The van der Waals surface area contributed by atoms with Gasteiger partial charge in [-0.15, -0.1) is 11.3 Å². The standard InChI is InChI=1S/C15H20N2O2S/c1-4-10-8-9-13(20-10)15(17-16)14-11(18-2)6-5-7-12(14)19-3/h5-9,15,17H,4,16H2,1-3H3. The molecule has 2 aromatic rings. The van der Waals surface area contributed by atoms with Crippen molar-refractivity contribution < 1.29 is 9.47 Å². The number of thiophene rings is 1. The van der Waals surface area contributed by atoms with Crippen LogP contribution in [0.25, 0.3) is 0 Å². The topological polar surface area (TPSA) is 56.5 Å². The minimum atomic E-state index is -0.147. The molecule has 1 atom stereocenters. The van der Waals surface area contributed by atoms with E-state index in [4.69, 9.17) is 15.3 Å². The lowest BCUT2D eigenvalue weighted by molar-refractivity contribution is 0.377. The SMILES string of the molecule is CCc1ccc(C(NN)c2c(OC)cccc2OC)s1. The maximum atomic E-state index is 5.78. The molecule has 4 nitrogen and oxygen atoms in total. The zero-order valence-electron chi connectivity index (χ0n) is 12.0. The second-order valence-electron chi connectivity index (χ2n) is 4.33. The zero-order valence-corrected chi connectivity index (χ0v) is 12.8. The summed E-state index contributed by atoms with van der Waals surface area (Å²) in [6, 6.07) is 9.81. The molecule has 0 aliphatic rings.